The van der Waals surface area contributed by atoms with Gasteiger partial charge in [-0.2, -0.15) is 0 Å². The van der Waals surface area contributed by atoms with Gasteiger partial charge in [0.25, 0.3) is 5.91 Å². The zero-order chi connectivity index (χ0) is 16.5. The van der Waals surface area contributed by atoms with E-state index in [1.54, 1.807) is 6.07 Å². The molecule has 1 atom stereocenters. The van der Waals surface area contributed by atoms with E-state index in [1.165, 1.54) is 11.3 Å². The summed E-state index contributed by atoms with van der Waals surface area (Å²) in [6.07, 6.45) is -0.710. The van der Waals surface area contributed by atoms with Crippen molar-refractivity contribution >= 4 is 22.4 Å². The van der Waals surface area contributed by atoms with Gasteiger partial charge in [0.15, 0.2) is 22.4 Å². The molecule has 0 saturated carbocycles. The maximum atomic E-state index is 12.4. The first-order chi connectivity index (χ1) is 11.7. The number of para-hydroxylation sites is 2. The van der Waals surface area contributed by atoms with Gasteiger partial charge in [-0.3, -0.25) is 10.1 Å². The SMILES string of the molecule is Cc1ccc(-c2csc(NC(=O)[C@@H]3COc4ccccc4O3)n2)o1. The van der Waals surface area contributed by atoms with Gasteiger partial charge in [0.05, 0.1) is 0 Å². The number of anilines is 1. The Morgan fingerprint density at radius 1 is 1.25 bits per heavy atom. The summed E-state index contributed by atoms with van der Waals surface area (Å²) in [7, 11) is 0. The Kier molecular flexibility index (Phi) is 3.70. The number of nitrogens with one attached hydrogen (secondary N) is 1. The molecule has 0 saturated heterocycles. The third kappa shape index (κ3) is 2.85. The van der Waals surface area contributed by atoms with Gasteiger partial charge in [-0.25, -0.2) is 4.98 Å². The minimum atomic E-state index is -0.710. The molecular formula is C17H14N2O4S. The van der Waals surface area contributed by atoms with E-state index in [0.29, 0.717) is 28.1 Å². The molecule has 1 aliphatic heterocycles. The first kappa shape index (κ1) is 14.8. The van der Waals surface area contributed by atoms with E-state index in [-0.39, 0.29) is 12.5 Å². The molecule has 1 N–H and O–H groups in total. The van der Waals surface area contributed by atoms with Crippen molar-refractivity contribution in [1.29, 1.82) is 0 Å². The zero-order valence-corrected chi connectivity index (χ0v) is 13.6. The highest BCUT2D eigenvalue weighted by molar-refractivity contribution is 7.14. The molecule has 1 aliphatic rings. The second-order valence-corrected chi connectivity index (χ2v) is 6.16. The predicted molar refractivity (Wildman–Crippen MR) is 89.5 cm³/mol. The fraction of sp³-hybridized carbons (Fsp3) is 0.176. The summed E-state index contributed by atoms with van der Waals surface area (Å²) in [4.78, 5) is 16.7. The maximum absolute atomic E-state index is 12.4. The van der Waals surface area contributed by atoms with Crippen molar-refractivity contribution in [3.8, 4) is 23.0 Å². The lowest BCUT2D eigenvalue weighted by molar-refractivity contribution is -0.125. The largest absolute Gasteiger partial charge is 0.485 e. The van der Waals surface area contributed by atoms with Crippen LogP contribution in [0.2, 0.25) is 0 Å². The van der Waals surface area contributed by atoms with E-state index < -0.39 is 6.10 Å². The van der Waals surface area contributed by atoms with Gasteiger partial charge in [0.2, 0.25) is 6.10 Å². The molecule has 3 heterocycles. The molecular weight excluding hydrogens is 328 g/mol. The summed E-state index contributed by atoms with van der Waals surface area (Å²) >= 11 is 1.33. The molecule has 2 aromatic heterocycles. The highest BCUT2D eigenvalue weighted by atomic mass is 32.1. The minimum Gasteiger partial charge on any atom is -0.485 e. The first-order valence-corrected chi connectivity index (χ1v) is 8.29. The van der Waals surface area contributed by atoms with E-state index in [4.69, 9.17) is 13.9 Å². The average Bonchev–Trinajstić information content (AvgIpc) is 3.23. The van der Waals surface area contributed by atoms with Crippen LogP contribution in [-0.4, -0.2) is 23.6 Å². The molecule has 4 rings (SSSR count). The summed E-state index contributed by atoms with van der Waals surface area (Å²) in [5.41, 5.74) is 0.689. The lowest BCUT2D eigenvalue weighted by Crippen LogP contribution is -2.40. The Bertz CT molecular complexity index is 886. The molecule has 0 aliphatic carbocycles. The van der Waals surface area contributed by atoms with Crippen molar-refractivity contribution in [3.05, 3.63) is 47.5 Å². The second kappa shape index (κ2) is 6.01. The van der Waals surface area contributed by atoms with Crippen LogP contribution in [0.1, 0.15) is 5.76 Å². The zero-order valence-electron chi connectivity index (χ0n) is 12.8. The minimum absolute atomic E-state index is 0.165. The van der Waals surface area contributed by atoms with E-state index in [2.05, 4.69) is 10.3 Å². The number of thiazole rings is 1. The van der Waals surface area contributed by atoms with Gasteiger partial charge in [-0.15, -0.1) is 11.3 Å². The fourth-order valence-corrected chi connectivity index (χ4v) is 3.05. The van der Waals surface area contributed by atoms with Gasteiger partial charge in [-0.05, 0) is 31.2 Å². The van der Waals surface area contributed by atoms with Crippen LogP contribution in [0.3, 0.4) is 0 Å². The second-order valence-electron chi connectivity index (χ2n) is 5.30. The topological polar surface area (TPSA) is 73.6 Å². The highest BCUT2D eigenvalue weighted by Crippen LogP contribution is 2.31. The molecule has 1 amide bonds. The van der Waals surface area contributed by atoms with Gasteiger partial charge in [0, 0.05) is 5.38 Å². The average molecular weight is 342 g/mol. The number of carbonyl (C=O) groups is 1. The van der Waals surface area contributed by atoms with Crippen molar-refractivity contribution in [1.82, 2.24) is 4.98 Å². The smallest absolute Gasteiger partial charge is 0.270 e. The van der Waals surface area contributed by atoms with Crippen molar-refractivity contribution in [3.63, 3.8) is 0 Å². The summed E-state index contributed by atoms with van der Waals surface area (Å²) in [6, 6.07) is 11.0. The number of hydrogen-bond donors (Lipinski definition) is 1. The quantitative estimate of drug-likeness (QED) is 0.789. The van der Waals surface area contributed by atoms with E-state index in [1.807, 2.05) is 42.6 Å². The van der Waals surface area contributed by atoms with Crippen LogP contribution in [-0.2, 0) is 4.79 Å². The Balaban J connectivity index is 1.44. The van der Waals surface area contributed by atoms with Gasteiger partial charge < -0.3 is 13.9 Å². The van der Waals surface area contributed by atoms with Crippen LogP contribution in [0.15, 0.2) is 46.2 Å². The first-order valence-electron chi connectivity index (χ1n) is 7.41. The number of amides is 1. The number of benzene rings is 1. The normalized spacial score (nSPS) is 16.0. The third-order valence-electron chi connectivity index (χ3n) is 3.53. The van der Waals surface area contributed by atoms with Crippen LogP contribution < -0.4 is 14.8 Å². The lowest BCUT2D eigenvalue weighted by atomic mass is 10.2. The number of aromatic nitrogens is 1. The molecule has 0 spiro atoms. The fourth-order valence-electron chi connectivity index (χ4n) is 2.35. The highest BCUT2D eigenvalue weighted by Gasteiger charge is 2.28. The number of carbonyl (C=O) groups excluding carboxylic acids is 1. The molecule has 6 nitrogen and oxygen atoms in total. The summed E-state index contributed by atoms with van der Waals surface area (Å²) in [5, 5.41) is 5.09. The molecule has 0 fully saturated rings. The number of ether oxygens (including phenoxy) is 2. The number of fused-ring (bicyclic) bond motifs is 1. The molecule has 24 heavy (non-hydrogen) atoms. The van der Waals surface area contributed by atoms with Crippen LogP contribution in [0.5, 0.6) is 11.5 Å². The van der Waals surface area contributed by atoms with E-state index in [0.717, 1.165) is 5.76 Å². The van der Waals surface area contributed by atoms with Crippen LogP contribution in [0, 0.1) is 6.92 Å². The van der Waals surface area contributed by atoms with Crippen LogP contribution >= 0.6 is 11.3 Å². The lowest BCUT2D eigenvalue weighted by Gasteiger charge is -2.25. The van der Waals surface area contributed by atoms with E-state index >= 15 is 0 Å². The molecule has 3 aromatic rings. The summed E-state index contributed by atoms with van der Waals surface area (Å²) in [6.45, 7) is 2.04. The molecule has 1 aromatic carbocycles. The van der Waals surface area contributed by atoms with Gasteiger partial charge >= 0.3 is 0 Å². The Labute approximate surface area is 142 Å². The van der Waals surface area contributed by atoms with Gasteiger partial charge in [0.1, 0.15) is 18.1 Å². The van der Waals surface area contributed by atoms with Crippen molar-refractivity contribution < 1.29 is 18.7 Å². The summed E-state index contributed by atoms with van der Waals surface area (Å²) < 4.78 is 16.8. The van der Waals surface area contributed by atoms with Crippen molar-refractivity contribution in [2.24, 2.45) is 0 Å². The summed E-state index contributed by atoms with van der Waals surface area (Å²) in [5.74, 6) is 2.41. The number of rotatable bonds is 3. The molecule has 122 valence electrons. The Hall–Kier alpha value is -2.80. The molecule has 0 bridgehead atoms. The number of aryl methyl sites for hydroxylation is 1. The Morgan fingerprint density at radius 3 is 2.88 bits per heavy atom. The number of nitrogens with zero attached hydrogens (tertiary/aromatic N) is 1. The molecule has 0 unspecified atom stereocenters. The number of furan rings is 1. The van der Waals surface area contributed by atoms with Crippen LogP contribution in [0.4, 0.5) is 5.13 Å². The standard InChI is InChI=1S/C17H14N2O4S/c1-10-6-7-12(22-10)11-9-24-17(18-11)19-16(20)15-8-21-13-4-2-3-5-14(13)23-15/h2-7,9,15H,8H2,1H3,(H,18,19,20)/t15-/m0/s1. The van der Waals surface area contributed by atoms with Crippen molar-refractivity contribution in [2.75, 3.05) is 11.9 Å². The molecule has 0 radical (unpaired) electrons. The number of hydrogen-bond acceptors (Lipinski definition) is 6. The van der Waals surface area contributed by atoms with Gasteiger partial charge in [-0.1, -0.05) is 12.1 Å². The van der Waals surface area contributed by atoms with Crippen LogP contribution in [0.25, 0.3) is 11.5 Å². The third-order valence-corrected chi connectivity index (χ3v) is 4.29. The van der Waals surface area contributed by atoms with Crippen molar-refractivity contribution in [2.45, 2.75) is 13.0 Å². The molecule has 7 heteroatoms. The van der Waals surface area contributed by atoms with E-state index in [9.17, 15) is 4.79 Å². The maximum Gasteiger partial charge on any atom is 0.270 e. The predicted octanol–water partition coefficient (Wildman–Crippen LogP) is 3.49. The Morgan fingerprint density at radius 2 is 2.08 bits per heavy atom. The monoisotopic (exact) mass is 342 g/mol.